The number of carboxylic acids is 1. The number of anilines is 1. The summed E-state index contributed by atoms with van der Waals surface area (Å²) in [5.74, 6) is -1.62. The van der Waals surface area contributed by atoms with Crippen molar-refractivity contribution in [3.63, 3.8) is 0 Å². The normalized spacial score (nSPS) is 10.1. The van der Waals surface area contributed by atoms with Gasteiger partial charge in [-0.1, -0.05) is 23.7 Å². The molecule has 2 aromatic rings. The number of amides is 1. The molecule has 2 rings (SSSR count). The highest BCUT2D eigenvalue weighted by Gasteiger charge is 2.16. The predicted octanol–water partition coefficient (Wildman–Crippen LogP) is 2.99. The lowest BCUT2D eigenvalue weighted by molar-refractivity contribution is 0.0698. The molecule has 0 radical (unpaired) electrons. The van der Waals surface area contributed by atoms with Crippen molar-refractivity contribution >= 4 is 29.2 Å². The zero-order chi connectivity index (χ0) is 14.7. The highest BCUT2D eigenvalue weighted by Crippen LogP contribution is 2.22. The largest absolute Gasteiger partial charge is 0.478 e. The number of rotatable bonds is 3. The minimum atomic E-state index is -1.14. The van der Waals surface area contributed by atoms with E-state index in [0.29, 0.717) is 5.02 Å². The van der Waals surface area contributed by atoms with Gasteiger partial charge in [0.25, 0.3) is 5.91 Å². The maximum Gasteiger partial charge on any atom is 0.337 e. The molecule has 1 amide bonds. The van der Waals surface area contributed by atoms with Gasteiger partial charge in [0, 0.05) is 6.20 Å². The van der Waals surface area contributed by atoms with Crippen LogP contribution in [-0.4, -0.2) is 22.0 Å². The van der Waals surface area contributed by atoms with Gasteiger partial charge in [0.2, 0.25) is 0 Å². The monoisotopic (exact) mass is 290 g/mol. The van der Waals surface area contributed by atoms with Gasteiger partial charge in [-0.3, -0.25) is 9.78 Å². The van der Waals surface area contributed by atoms with Crippen LogP contribution in [0.5, 0.6) is 0 Å². The molecule has 0 fully saturated rings. The van der Waals surface area contributed by atoms with Gasteiger partial charge in [-0.15, -0.1) is 0 Å². The smallest absolute Gasteiger partial charge is 0.337 e. The van der Waals surface area contributed by atoms with E-state index >= 15 is 0 Å². The third-order valence-electron chi connectivity index (χ3n) is 2.74. The van der Waals surface area contributed by atoms with Gasteiger partial charge in [0.1, 0.15) is 0 Å². The molecule has 0 unspecified atom stereocenters. The first-order chi connectivity index (χ1) is 9.50. The van der Waals surface area contributed by atoms with Crippen LogP contribution in [-0.2, 0) is 0 Å². The Morgan fingerprint density at radius 1 is 1.25 bits per heavy atom. The van der Waals surface area contributed by atoms with E-state index in [-0.39, 0.29) is 16.8 Å². The average molecular weight is 291 g/mol. The average Bonchev–Trinajstić information content (AvgIpc) is 2.42. The summed E-state index contributed by atoms with van der Waals surface area (Å²) >= 11 is 6.06. The summed E-state index contributed by atoms with van der Waals surface area (Å²) in [5, 5.41) is 11.9. The lowest BCUT2D eigenvalue weighted by Gasteiger charge is -2.09. The van der Waals surface area contributed by atoms with Crippen molar-refractivity contribution in [3.05, 3.63) is 58.4 Å². The number of aromatic carboxylic acids is 1. The third-order valence-corrected chi connectivity index (χ3v) is 3.24. The van der Waals surface area contributed by atoms with E-state index in [2.05, 4.69) is 10.3 Å². The standard InChI is InChI=1S/C14H11ClN2O3/c1-8-3-2-4-10(12(8)15)13(18)17-11-7-16-6-5-9(11)14(19)20/h2-7H,1H3,(H,17,18)(H,19,20). The summed E-state index contributed by atoms with van der Waals surface area (Å²) in [6.45, 7) is 1.78. The number of carbonyl (C=O) groups excluding carboxylic acids is 1. The number of halogens is 1. The summed E-state index contributed by atoms with van der Waals surface area (Å²) in [6, 6.07) is 6.38. The molecular weight excluding hydrogens is 280 g/mol. The number of carbonyl (C=O) groups is 2. The van der Waals surface area contributed by atoms with Crippen molar-refractivity contribution in [2.75, 3.05) is 5.32 Å². The molecule has 102 valence electrons. The number of benzene rings is 1. The minimum Gasteiger partial charge on any atom is -0.478 e. The summed E-state index contributed by atoms with van der Waals surface area (Å²) in [5.41, 5.74) is 1.15. The summed E-state index contributed by atoms with van der Waals surface area (Å²) in [6.07, 6.45) is 2.63. The number of hydrogen-bond acceptors (Lipinski definition) is 3. The van der Waals surface area contributed by atoms with E-state index in [0.717, 1.165) is 5.56 Å². The Morgan fingerprint density at radius 3 is 2.70 bits per heavy atom. The van der Waals surface area contributed by atoms with Crippen LogP contribution >= 0.6 is 11.6 Å². The number of hydrogen-bond donors (Lipinski definition) is 2. The quantitative estimate of drug-likeness (QED) is 0.911. The molecule has 5 nitrogen and oxygen atoms in total. The summed E-state index contributed by atoms with van der Waals surface area (Å²) < 4.78 is 0. The topological polar surface area (TPSA) is 79.3 Å². The fourth-order valence-corrected chi connectivity index (χ4v) is 1.90. The Bertz CT molecular complexity index is 686. The minimum absolute atomic E-state index is 0.0304. The second-order valence-corrected chi connectivity index (χ2v) is 4.49. The molecule has 1 aromatic carbocycles. The van der Waals surface area contributed by atoms with Crippen molar-refractivity contribution in [1.29, 1.82) is 0 Å². The van der Waals surface area contributed by atoms with Gasteiger partial charge in [0.15, 0.2) is 0 Å². The molecule has 0 aliphatic heterocycles. The van der Waals surface area contributed by atoms with Crippen molar-refractivity contribution < 1.29 is 14.7 Å². The molecule has 20 heavy (non-hydrogen) atoms. The highest BCUT2D eigenvalue weighted by atomic mass is 35.5. The van der Waals surface area contributed by atoms with Crippen LogP contribution in [0.2, 0.25) is 5.02 Å². The first-order valence-corrected chi connectivity index (χ1v) is 6.12. The Morgan fingerprint density at radius 2 is 2.00 bits per heavy atom. The van der Waals surface area contributed by atoms with Gasteiger partial charge in [-0.2, -0.15) is 0 Å². The summed E-state index contributed by atoms with van der Waals surface area (Å²) in [7, 11) is 0. The molecular formula is C14H11ClN2O3. The second-order valence-electron chi connectivity index (χ2n) is 4.12. The number of pyridine rings is 1. The second kappa shape index (κ2) is 5.71. The van der Waals surface area contributed by atoms with Crippen molar-refractivity contribution in [1.82, 2.24) is 4.98 Å². The van der Waals surface area contributed by atoms with E-state index in [1.807, 2.05) is 0 Å². The summed E-state index contributed by atoms with van der Waals surface area (Å²) in [4.78, 5) is 27.0. The Hall–Kier alpha value is -2.40. The van der Waals surface area contributed by atoms with Crippen molar-refractivity contribution in [3.8, 4) is 0 Å². The highest BCUT2D eigenvalue weighted by molar-refractivity contribution is 6.35. The van der Waals surface area contributed by atoms with Crippen LogP contribution < -0.4 is 5.32 Å². The Kier molecular flexibility index (Phi) is 4.00. The van der Waals surface area contributed by atoms with E-state index in [4.69, 9.17) is 16.7 Å². The Labute approximate surface area is 120 Å². The van der Waals surface area contributed by atoms with E-state index in [9.17, 15) is 9.59 Å². The maximum absolute atomic E-state index is 12.1. The van der Waals surface area contributed by atoms with Crippen molar-refractivity contribution in [2.24, 2.45) is 0 Å². The molecule has 1 heterocycles. The van der Waals surface area contributed by atoms with E-state index in [1.54, 1.807) is 25.1 Å². The van der Waals surface area contributed by atoms with Gasteiger partial charge >= 0.3 is 5.97 Å². The van der Waals surface area contributed by atoms with Crippen LogP contribution in [0.3, 0.4) is 0 Å². The zero-order valence-electron chi connectivity index (χ0n) is 10.6. The molecule has 0 aliphatic rings. The van der Waals surface area contributed by atoms with Gasteiger partial charge in [-0.05, 0) is 24.6 Å². The number of nitrogens with one attached hydrogen (secondary N) is 1. The van der Waals surface area contributed by atoms with Crippen LogP contribution in [0.1, 0.15) is 26.3 Å². The number of nitrogens with zero attached hydrogens (tertiary/aromatic N) is 1. The molecule has 6 heteroatoms. The molecule has 0 spiro atoms. The third kappa shape index (κ3) is 2.78. The fraction of sp³-hybridized carbons (Fsp3) is 0.0714. The van der Waals surface area contributed by atoms with Crippen LogP contribution in [0, 0.1) is 6.92 Å². The van der Waals surface area contributed by atoms with Crippen molar-refractivity contribution in [2.45, 2.75) is 6.92 Å². The molecule has 0 saturated carbocycles. The molecule has 2 N–H and O–H groups in total. The van der Waals surface area contributed by atoms with E-state index < -0.39 is 11.9 Å². The lowest BCUT2D eigenvalue weighted by atomic mass is 10.1. The van der Waals surface area contributed by atoms with Gasteiger partial charge in [-0.25, -0.2) is 4.79 Å². The first-order valence-electron chi connectivity index (χ1n) is 5.74. The maximum atomic E-state index is 12.1. The predicted molar refractivity (Wildman–Crippen MR) is 75.3 cm³/mol. The lowest BCUT2D eigenvalue weighted by Crippen LogP contribution is -2.15. The molecule has 1 aromatic heterocycles. The van der Waals surface area contributed by atoms with Crippen LogP contribution in [0.25, 0.3) is 0 Å². The fourth-order valence-electron chi connectivity index (χ4n) is 1.69. The Balaban J connectivity index is 2.33. The zero-order valence-corrected chi connectivity index (χ0v) is 11.3. The SMILES string of the molecule is Cc1cccc(C(=O)Nc2cnccc2C(=O)O)c1Cl. The van der Waals surface area contributed by atoms with E-state index in [1.165, 1.54) is 18.5 Å². The molecule has 0 atom stereocenters. The molecule has 0 saturated heterocycles. The number of carboxylic acid groups (broad SMARTS) is 1. The molecule has 0 aliphatic carbocycles. The van der Waals surface area contributed by atoms with Crippen LogP contribution in [0.15, 0.2) is 36.7 Å². The number of aromatic nitrogens is 1. The van der Waals surface area contributed by atoms with Gasteiger partial charge in [0.05, 0.1) is 28.0 Å². The molecule has 0 bridgehead atoms. The van der Waals surface area contributed by atoms with Crippen LogP contribution in [0.4, 0.5) is 5.69 Å². The first kappa shape index (κ1) is 14.0. The number of aryl methyl sites for hydroxylation is 1. The van der Waals surface area contributed by atoms with Gasteiger partial charge < -0.3 is 10.4 Å².